The number of rotatable bonds is 1. The molecule has 0 bridgehead atoms. The summed E-state index contributed by atoms with van der Waals surface area (Å²) in [7, 11) is 0. The third-order valence-electron chi connectivity index (χ3n) is 3.11. The molecule has 18 heavy (non-hydrogen) atoms. The summed E-state index contributed by atoms with van der Waals surface area (Å²) in [4.78, 5) is 25.2. The normalized spacial score (nSPS) is 16.3. The van der Waals surface area contributed by atoms with Gasteiger partial charge in [-0.05, 0) is 37.5 Å². The molecule has 0 N–H and O–H groups in total. The lowest BCUT2D eigenvalue weighted by molar-refractivity contribution is -0.125. The van der Waals surface area contributed by atoms with Gasteiger partial charge in [0.15, 0.2) is 0 Å². The number of imide groups is 1. The molecule has 0 spiro atoms. The maximum absolute atomic E-state index is 12.0. The molecule has 92 valence electrons. The summed E-state index contributed by atoms with van der Waals surface area (Å²) in [6, 6.07) is 7.09. The average molecular weight is 242 g/mol. The van der Waals surface area contributed by atoms with Crippen LogP contribution in [0.25, 0.3) is 0 Å². The van der Waals surface area contributed by atoms with Crippen LogP contribution in [0.1, 0.15) is 36.8 Å². The first-order chi connectivity index (χ1) is 8.63. The first-order valence-electron chi connectivity index (χ1n) is 6.00. The highest BCUT2D eigenvalue weighted by atomic mass is 16.2. The van der Waals surface area contributed by atoms with Gasteiger partial charge in [-0.25, -0.2) is 0 Å². The smallest absolute Gasteiger partial charge is 0.233 e. The summed E-state index contributed by atoms with van der Waals surface area (Å²) in [6.45, 7) is 1.84. The van der Waals surface area contributed by atoms with Crippen LogP contribution in [0.2, 0.25) is 0 Å². The number of benzene rings is 1. The van der Waals surface area contributed by atoms with Crippen LogP contribution in [0.5, 0.6) is 0 Å². The Balaban J connectivity index is 2.48. The summed E-state index contributed by atoms with van der Waals surface area (Å²) in [5.74, 6) is -0.341. The standard InChI is InChI=1S/C14H14N2O2/c1-10-6-7-11(9-15)8-12(10)16-13(17)4-2-3-5-14(16)18/h6-8H,2-5H2,1H3. The lowest BCUT2D eigenvalue weighted by Crippen LogP contribution is -2.35. The zero-order valence-electron chi connectivity index (χ0n) is 10.3. The predicted molar refractivity (Wildman–Crippen MR) is 66.9 cm³/mol. The maximum Gasteiger partial charge on any atom is 0.233 e. The number of aryl methyl sites for hydroxylation is 1. The van der Waals surface area contributed by atoms with Crippen molar-refractivity contribution in [2.45, 2.75) is 32.6 Å². The molecule has 4 heteroatoms. The van der Waals surface area contributed by atoms with Crippen molar-refractivity contribution in [2.24, 2.45) is 0 Å². The van der Waals surface area contributed by atoms with E-state index in [1.807, 2.05) is 13.0 Å². The Morgan fingerprint density at radius 3 is 2.33 bits per heavy atom. The summed E-state index contributed by atoms with van der Waals surface area (Å²) in [5.41, 5.74) is 1.84. The van der Waals surface area contributed by atoms with Gasteiger partial charge >= 0.3 is 0 Å². The van der Waals surface area contributed by atoms with Crippen LogP contribution >= 0.6 is 0 Å². The number of nitriles is 1. The molecule has 0 unspecified atom stereocenters. The van der Waals surface area contributed by atoms with Crippen molar-refractivity contribution in [1.29, 1.82) is 5.26 Å². The predicted octanol–water partition coefficient (Wildman–Crippen LogP) is 2.30. The highest BCUT2D eigenvalue weighted by Crippen LogP contribution is 2.26. The minimum atomic E-state index is -0.171. The fourth-order valence-corrected chi connectivity index (χ4v) is 2.10. The Morgan fingerprint density at radius 2 is 1.78 bits per heavy atom. The minimum Gasteiger partial charge on any atom is -0.274 e. The quantitative estimate of drug-likeness (QED) is 0.710. The Kier molecular flexibility index (Phi) is 3.42. The molecule has 4 nitrogen and oxygen atoms in total. The lowest BCUT2D eigenvalue weighted by Gasteiger charge is -2.21. The minimum absolute atomic E-state index is 0.171. The van der Waals surface area contributed by atoms with Gasteiger partial charge < -0.3 is 0 Å². The SMILES string of the molecule is Cc1ccc(C#N)cc1N1C(=O)CCCCC1=O. The van der Waals surface area contributed by atoms with Crippen molar-refractivity contribution in [1.82, 2.24) is 0 Å². The molecule has 1 aliphatic heterocycles. The molecule has 0 radical (unpaired) electrons. The number of nitrogens with zero attached hydrogens (tertiary/aromatic N) is 2. The fourth-order valence-electron chi connectivity index (χ4n) is 2.10. The van der Waals surface area contributed by atoms with Gasteiger partial charge in [0.2, 0.25) is 11.8 Å². The number of hydrogen-bond donors (Lipinski definition) is 0. The molecule has 1 fully saturated rings. The van der Waals surface area contributed by atoms with E-state index in [9.17, 15) is 9.59 Å². The van der Waals surface area contributed by atoms with Gasteiger partial charge in [-0.1, -0.05) is 6.07 Å². The van der Waals surface area contributed by atoms with E-state index in [0.29, 0.717) is 24.1 Å². The molecular formula is C14H14N2O2. The van der Waals surface area contributed by atoms with E-state index in [2.05, 4.69) is 0 Å². The van der Waals surface area contributed by atoms with Crippen molar-refractivity contribution in [3.05, 3.63) is 29.3 Å². The molecule has 1 saturated heterocycles. The second-order valence-electron chi connectivity index (χ2n) is 4.44. The monoisotopic (exact) mass is 242 g/mol. The molecule has 1 aliphatic rings. The van der Waals surface area contributed by atoms with E-state index in [1.54, 1.807) is 18.2 Å². The zero-order valence-corrected chi connectivity index (χ0v) is 10.3. The van der Waals surface area contributed by atoms with Crippen molar-refractivity contribution in [3.8, 4) is 6.07 Å². The van der Waals surface area contributed by atoms with Crippen molar-refractivity contribution in [3.63, 3.8) is 0 Å². The van der Waals surface area contributed by atoms with Gasteiger partial charge in [0.05, 0.1) is 17.3 Å². The van der Waals surface area contributed by atoms with E-state index in [1.165, 1.54) is 4.90 Å². The van der Waals surface area contributed by atoms with Crippen molar-refractivity contribution < 1.29 is 9.59 Å². The number of hydrogen-bond acceptors (Lipinski definition) is 3. The number of amides is 2. The number of anilines is 1. The average Bonchev–Trinajstić information content (AvgIpc) is 2.52. The molecule has 1 heterocycles. The fraction of sp³-hybridized carbons (Fsp3) is 0.357. The van der Waals surface area contributed by atoms with E-state index in [-0.39, 0.29) is 11.8 Å². The Morgan fingerprint density at radius 1 is 1.17 bits per heavy atom. The molecule has 2 rings (SSSR count). The summed E-state index contributed by atoms with van der Waals surface area (Å²) >= 11 is 0. The molecular weight excluding hydrogens is 228 g/mol. The number of carbonyl (C=O) groups is 2. The van der Waals surface area contributed by atoms with Crippen LogP contribution in [0.15, 0.2) is 18.2 Å². The summed E-state index contributed by atoms with van der Waals surface area (Å²) in [5, 5.41) is 8.90. The second kappa shape index (κ2) is 5.01. The van der Waals surface area contributed by atoms with Crippen LogP contribution in [0, 0.1) is 18.3 Å². The van der Waals surface area contributed by atoms with Gasteiger partial charge in [0.1, 0.15) is 0 Å². The molecule has 0 aromatic heterocycles. The Labute approximate surface area is 106 Å². The molecule has 0 atom stereocenters. The Bertz CT molecular complexity index is 525. The van der Waals surface area contributed by atoms with Gasteiger partial charge in [0.25, 0.3) is 0 Å². The molecule has 1 aromatic rings. The lowest BCUT2D eigenvalue weighted by atomic mass is 10.1. The third kappa shape index (κ3) is 2.25. The first-order valence-corrected chi connectivity index (χ1v) is 6.00. The van der Waals surface area contributed by atoms with Gasteiger partial charge in [-0.15, -0.1) is 0 Å². The third-order valence-corrected chi connectivity index (χ3v) is 3.11. The first kappa shape index (κ1) is 12.3. The number of carbonyl (C=O) groups excluding carboxylic acids is 2. The van der Waals surface area contributed by atoms with E-state index < -0.39 is 0 Å². The summed E-state index contributed by atoms with van der Waals surface area (Å²) in [6.07, 6.45) is 2.28. The van der Waals surface area contributed by atoms with E-state index >= 15 is 0 Å². The van der Waals surface area contributed by atoms with Gasteiger partial charge in [-0.2, -0.15) is 5.26 Å². The topological polar surface area (TPSA) is 61.2 Å². The van der Waals surface area contributed by atoms with Crippen LogP contribution in [-0.4, -0.2) is 11.8 Å². The highest BCUT2D eigenvalue weighted by molar-refractivity contribution is 6.15. The molecule has 0 aliphatic carbocycles. The van der Waals surface area contributed by atoms with Crippen LogP contribution in [0.3, 0.4) is 0 Å². The highest BCUT2D eigenvalue weighted by Gasteiger charge is 2.26. The molecule has 0 saturated carbocycles. The Hall–Kier alpha value is -2.15. The van der Waals surface area contributed by atoms with Crippen molar-refractivity contribution >= 4 is 17.5 Å². The second-order valence-corrected chi connectivity index (χ2v) is 4.44. The van der Waals surface area contributed by atoms with Crippen LogP contribution in [0.4, 0.5) is 5.69 Å². The van der Waals surface area contributed by atoms with Crippen molar-refractivity contribution in [2.75, 3.05) is 4.90 Å². The molecule has 1 aromatic carbocycles. The van der Waals surface area contributed by atoms with E-state index in [4.69, 9.17) is 5.26 Å². The summed E-state index contributed by atoms with van der Waals surface area (Å²) < 4.78 is 0. The zero-order chi connectivity index (χ0) is 13.1. The molecule has 2 amide bonds. The largest absolute Gasteiger partial charge is 0.274 e. The van der Waals surface area contributed by atoms with Crippen LogP contribution < -0.4 is 4.90 Å². The van der Waals surface area contributed by atoms with Gasteiger partial charge in [-0.3, -0.25) is 14.5 Å². The van der Waals surface area contributed by atoms with Crippen LogP contribution in [-0.2, 0) is 9.59 Å². The van der Waals surface area contributed by atoms with E-state index in [0.717, 1.165) is 18.4 Å². The maximum atomic E-state index is 12.0. The van der Waals surface area contributed by atoms with Gasteiger partial charge in [0, 0.05) is 12.8 Å².